The summed E-state index contributed by atoms with van der Waals surface area (Å²) in [5, 5.41) is 27.3. The van der Waals surface area contributed by atoms with E-state index < -0.39 is 24.3 Å². The van der Waals surface area contributed by atoms with E-state index in [2.05, 4.69) is 32.9 Å². The summed E-state index contributed by atoms with van der Waals surface area (Å²) in [4.78, 5) is 16.9. The first-order valence-corrected chi connectivity index (χ1v) is 13.5. The molecule has 0 saturated heterocycles. The molecule has 12 heteroatoms. The Bertz CT molecular complexity index is 1460. The number of H-pyrrole nitrogens is 1. The summed E-state index contributed by atoms with van der Waals surface area (Å²) in [5.74, 6) is 1.13. The molecule has 0 radical (unpaired) electrons. The van der Waals surface area contributed by atoms with Crippen LogP contribution in [0.5, 0.6) is 5.75 Å². The van der Waals surface area contributed by atoms with Crippen molar-refractivity contribution in [2.75, 3.05) is 19.0 Å². The van der Waals surface area contributed by atoms with Crippen LogP contribution in [0.4, 0.5) is 20.8 Å². The van der Waals surface area contributed by atoms with Crippen LogP contribution in [-0.2, 0) is 11.3 Å². The average molecular weight is 552 g/mol. The molecular formula is C28H34FN7O4. The number of hydrogen-bond donors (Lipinski definition) is 4. The summed E-state index contributed by atoms with van der Waals surface area (Å²) < 4.78 is 27.7. The second-order valence-electron chi connectivity index (χ2n) is 9.87. The van der Waals surface area contributed by atoms with Crippen molar-refractivity contribution in [2.45, 2.75) is 63.8 Å². The second kappa shape index (κ2) is 12.3. The van der Waals surface area contributed by atoms with E-state index in [0.29, 0.717) is 59.4 Å². The summed E-state index contributed by atoms with van der Waals surface area (Å²) in [5.41, 5.74) is 3.18. The van der Waals surface area contributed by atoms with Crippen LogP contribution in [0.3, 0.4) is 0 Å². The maximum atomic E-state index is 15.3. The van der Waals surface area contributed by atoms with Gasteiger partial charge in [-0.2, -0.15) is 10.2 Å². The number of methoxy groups -OCH3 is 1. The van der Waals surface area contributed by atoms with Crippen LogP contribution in [-0.4, -0.2) is 61.9 Å². The number of aliphatic hydroxyl groups is 1. The van der Waals surface area contributed by atoms with Gasteiger partial charge in [0.15, 0.2) is 11.6 Å². The first-order chi connectivity index (χ1) is 19.5. The number of aromatic nitrogens is 5. The highest BCUT2D eigenvalue weighted by atomic mass is 19.1. The molecule has 3 aromatic heterocycles. The lowest BCUT2D eigenvalue weighted by molar-refractivity contribution is 0.0568. The maximum absolute atomic E-state index is 15.3. The molecule has 40 heavy (non-hydrogen) atoms. The van der Waals surface area contributed by atoms with Crippen LogP contribution in [0.25, 0.3) is 16.8 Å². The van der Waals surface area contributed by atoms with Crippen LogP contribution in [0.15, 0.2) is 42.6 Å². The van der Waals surface area contributed by atoms with Gasteiger partial charge >= 0.3 is 6.09 Å². The van der Waals surface area contributed by atoms with Crippen molar-refractivity contribution in [3.63, 3.8) is 0 Å². The first kappa shape index (κ1) is 27.4. The number of aliphatic hydroxyl groups excluding tert-OH is 1. The van der Waals surface area contributed by atoms with Crippen molar-refractivity contribution in [3.05, 3.63) is 54.0 Å². The van der Waals surface area contributed by atoms with Crippen molar-refractivity contribution in [1.29, 1.82) is 0 Å². The molecule has 1 aliphatic carbocycles. The molecule has 1 saturated carbocycles. The number of carbonyl (C=O) groups excluding carboxylic acids is 1. The van der Waals surface area contributed by atoms with Crippen molar-refractivity contribution >= 4 is 23.2 Å². The Morgan fingerprint density at radius 1 is 1.25 bits per heavy atom. The van der Waals surface area contributed by atoms with E-state index in [-0.39, 0.29) is 6.61 Å². The fraction of sp³-hybridized carbons (Fsp3) is 0.429. The van der Waals surface area contributed by atoms with Crippen LogP contribution < -0.4 is 15.4 Å². The highest BCUT2D eigenvalue weighted by Crippen LogP contribution is 2.39. The topological polar surface area (TPSA) is 139 Å². The molecule has 1 aliphatic rings. The van der Waals surface area contributed by atoms with E-state index in [1.54, 1.807) is 30.0 Å². The number of halogens is 1. The predicted octanol–water partition coefficient (Wildman–Crippen LogP) is 4.86. The standard InChI is InChI=1S/C28H34FN7O4/c1-3-4-5-11-30-28(38)40-24-10-9-20(26(24)29)21-14-25(34-33-21)32-27-23-13-18(16-37)35-36(23)15-22(31-27)17-7-6-8-19(12-17)39-2/h6-8,12-15,20,24,26,37H,3-5,9-11,16H2,1-2H3,(H,30,38)(H2,31,32,33,34)/t20-,24-,26-/m1/s1. The fourth-order valence-electron chi connectivity index (χ4n) is 4.96. The molecule has 3 atom stereocenters. The van der Waals surface area contributed by atoms with E-state index in [1.807, 2.05) is 24.3 Å². The van der Waals surface area contributed by atoms with Gasteiger partial charge in [0.2, 0.25) is 0 Å². The Labute approximate surface area is 231 Å². The van der Waals surface area contributed by atoms with Gasteiger partial charge in [0.1, 0.15) is 23.5 Å². The number of ether oxygens (including phenoxy) is 2. The second-order valence-corrected chi connectivity index (χ2v) is 9.87. The number of aromatic amines is 1. The van der Waals surface area contributed by atoms with Crippen molar-refractivity contribution in [1.82, 2.24) is 30.1 Å². The number of rotatable bonds is 11. The number of nitrogens with one attached hydrogen (secondary N) is 3. The highest BCUT2D eigenvalue weighted by Gasteiger charge is 2.40. The number of hydrogen-bond acceptors (Lipinski definition) is 8. The molecule has 1 aromatic carbocycles. The van der Waals surface area contributed by atoms with E-state index in [4.69, 9.17) is 14.5 Å². The number of unbranched alkanes of at least 4 members (excludes halogenated alkanes) is 2. The normalized spacial score (nSPS) is 18.6. The van der Waals surface area contributed by atoms with Gasteiger partial charge in [-0.25, -0.2) is 18.7 Å². The van der Waals surface area contributed by atoms with Crippen molar-refractivity contribution in [3.8, 4) is 17.0 Å². The Balaban J connectivity index is 1.32. The maximum Gasteiger partial charge on any atom is 0.407 e. The predicted molar refractivity (Wildman–Crippen MR) is 147 cm³/mol. The molecule has 1 amide bonds. The molecule has 11 nitrogen and oxygen atoms in total. The zero-order chi connectivity index (χ0) is 28.1. The van der Waals surface area contributed by atoms with Gasteiger partial charge in [-0.1, -0.05) is 31.9 Å². The van der Waals surface area contributed by atoms with Crippen LogP contribution in [0, 0.1) is 0 Å². The zero-order valence-electron chi connectivity index (χ0n) is 22.6. The lowest BCUT2D eigenvalue weighted by Crippen LogP contribution is -2.33. The number of nitrogens with zero attached hydrogens (tertiary/aromatic N) is 4. The molecule has 0 spiro atoms. The molecule has 4 N–H and O–H groups in total. The van der Waals surface area contributed by atoms with Crippen LogP contribution in [0.1, 0.15) is 56.3 Å². The number of alkyl carbamates (subject to hydrolysis) is 1. The molecule has 3 heterocycles. The van der Waals surface area contributed by atoms with Gasteiger partial charge in [-0.15, -0.1) is 0 Å². The highest BCUT2D eigenvalue weighted by molar-refractivity contribution is 5.76. The number of alkyl halides is 1. The number of carbonyl (C=O) groups is 1. The Morgan fingerprint density at radius 2 is 2.12 bits per heavy atom. The minimum atomic E-state index is -1.35. The van der Waals surface area contributed by atoms with E-state index in [1.165, 1.54) is 0 Å². The number of anilines is 2. The summed E-state index contributed by atoms with van der Waals surface area (Å²) in [6, 6.07) is 11.0. The zero-order valence-corrected chi connectivity index (χ0v) is 22.6. The third-order valence-corrected chi connectivity index (χ3v) is 7.09. The molecule has 0 bridgehead atoms. The summed E-state index contributed by atoms with van der Waals surface area (Å²) in [6.07, 6.45) is 2.93. The smallest absolute Gasteiger partial charge is 0.407 e. The van der Waals surface area contributed by atoms with Gasteiger partial charge in [-0.05, 0) is 37.5 Å². The van der Waals surface area contributed by atoms with E-state index in [0.717, 1.165) is 24.8 Å². The minimum Gasteiger partial charge on any atom is -0.497 e. The van der Waals surface area contributed by atoms with Crippen LogP contribution >= 0.6 is 0 Å². The lowest BCUT2D eigenvalue weighted by atomic mass is 10.0. The average Bonchev–Trinajstić information content (AvgIpc) is 3.70. The molecule has 212 valence electrons. The number of benzene rings is 1. The van der Waals surface area contributed by atoms with Gasteiger partial charge < -0.3 is 25.2 Å². The first-order valence-electron chi connectivity index (χ1n) is 13.5. The van der Waals surface area contributed by atoms with Gasteiger partial charge in [0.25, 0.3) is 0 Å². The Hall–Kier alpha value is -4.19. The quantitative estimate of drug-likeness (QED) is 0.194. The van der Waals surface area contributed by atoms with Gasteiger partial charge in [-0.3, -0.25) is 5.10 Å². The number of fused-ring (bicyclic) bond motifs is 1. The Morgan fingerprint density at radius 3 is 2.92 bits per heavy atom. The molecule has 4 aromatic rings. The van der Waals surface area contributed by atoms with E-state index in [9.17, 15) is 9.90 Å². The molecule has 0 aliphatic heterocycles. The van der Waals surface area contributed by atoms with Crippen LogP contribution in [0.2, 0.25) is 0 Å². The minimum absolute atomic E-state index is 0.221. The SMILES string of the molecule is CCCCCNC(=O)O[C@@H]1CC[C@H](c2cc(Nc3nc(-c4cccc(OC)c4)cn4nc(CO)cc34)n[nH]2)[C@H]1F. The third-order valence-electron chi connectivity index (χ3n) is 7.09. The monoisotopic (exact) mass is 551 g/mol. The lowest BCUT2D eigenvalue weighted by Gasteiger charge is -2.17. The Kier molecular flexibility index (Phi) is 8.44. The number of amides is 1. The summed E-state index contributed by atoms with van der Waals surface area (Å²) in [6.45, 7) is 2.39. The van der Waals surface area contributed by atoms with Gasteiger partial charge in [0.05, 0.1) is 31.3 Å². The van der Waals surface area contributed by atoms with E-state index >= 15 is 4.39 Å². The fourth-order valence-corrected chi connectivity index (χ4v) is 4.96. The molecule has 0 unspecified atom stereocenters. The van der Waals surface area contributed by atoms with Crippen molar-refractivity contribution < 1.29 is 23.8 Å². The largest absolute Gasteiger partial charge is 0.497 e. The molecular weight excluding hydrogens is 517 g/mol. The summed E-state index contributed by atoms with van der Waals surface area (Å²) >= 11 is 0. The summed E-state index contributed by atoms with van der Waals surface area (Å²) in [7, 11) is 1.60. The third kappa shape index (κ3) is 6.01. The molecule has 5 rings (SSSR count). The molecule has 1 fully saturated rings. The van der Waals surface area contributed by atoms with Crippen molar-refractivity contribution in [2.24, 2.45) is 0 Å². The van der Waals surface area contributed by atoms with Gasteiger partial charge in [0, 0.05) is 29.8 Å².